The Hall–Kier alpha value is -1.40. The maximum absolute atomic E-state index is 10.7. The van der Waals surface area contributed by atoms with Crippen LogP contribution in [-0.2, 0) is 9.59 Å². The Morgan fingerprint density at radius 1 is 1.00 bits per heavy atom. The van der Waals surface area contributed by atoms with Crippen molar-refractivity contribution in [3.63, 3.8) is 0 Å². The van der Waals surface area contributed by atoms with Crippen LogP contribution in [-0.4, -0.2) is 27.8 Å². The summed E-state index contributed by atoms with van der Waals surface area (Å²) in [6.45, 7) is 3.57. The molecule has 0 aromatic rings. The van der Waals surface area contributed by atoms with E-state index in [0.29, 0.717) is 19.3 Å². The van der Waals surface area contributed by atoms with Gasteiger partial charge in [0.15, 0.2) is 5.66 Å². The van der Waals surface area contributed by atoms with E-state index in [1.807, 2.05) is 0 Å². The van der Waals surface area contributed by atoms with Crippen LogP contribution in [0, 0.1) is 0 Å². The van der Waals surface area contributed by atoms with Gasteiger partial charge < -0.3 is 21.7 Å². The van der Waals surface area contributed by atoms with Crippen LogP contribution >= 0.6 is 0 Å². The van der Waals surface area contributed by atoms with Crippen molar-refractivity contribution in [3.05, 3.63) is 12.2 Å². The number of carboxylic acid groups (broad SMARTS) is 2. The molecule has 0 aliphatic heterocycles. The Kier molecular flexibility index (Phi) is 6.45. The second-order valence-electron chi connectivity index (χ2n) is 4.09. The highest BCUT2D eigenvalue weighted by atomic mass is 16.4. The van der Waals surface area contributed by atoms with Gasteiger partial charge in [-0.05, 0) is 24.8 Å². The molecule has 0 aliphatic carbocycles. The van der Waals surface area contributed by atoms with Gasteiger partial charge in [0, 0.05) is 6.42 Å². The molecule has 0 amide bonds. The molecular weight excluding hydrogens is 224 g/mol. The number of hydrogen-bond donors (Lipinski definition) is 4. The quantitative estimate of drug-likeness (QED) is 0.268. The summed E-state index contributed by atoms with van der Waals surface area (Å²) in [7, 11) is 0. The first-order valence-electron chi connectivity index (χ1n) is 5.49. The van der Waals surface area contributed by atoms with Crippen LogP contribution in [0.3, 0.4) is 0 Å². The van der Waals surface area contributed by atoms with Crippen molar-refractivity contribution >= 4 is 11.9 Å². The van der Waals surface area contributed by atoms with Gasteiger partial charge in [0.2, 0.25) is 0 Å². The zero-order chi connectivity index (χ0) is 13.5. The molecule has 0 atom stereocenters. The average Bonchev–Trinajstić information content (AvgIpc) is 2.21. The molecule has 6 heteroatoms. The average molecular weight is 244 g/mol. The lowest BCUT2D eigenvalue weighted by Gasteiger charge is -2.21. The molecule has 0 radical (unpaired) electrons. The minimum Gasteiger partial charge on any atom is -0.481 e. The number of aliphatic carboxylic acids is 2. The van der Waals surface area contributed by atoms with E-state index in [1.54, 1.807) is 0 Å². The highest BCUT2D eigenvalue weighted by Gasteiger charge is 2.31. The number of rotatable bonds is 9. The fraction of sp³-hybridized carbons (Fsp3) is 0.636. The molecule has 0 aromatic heterocycles. The summed E-state index contributed by atoms with van der Waals surface area (Å²) in [4.78, 5) is 20.9. The zero-order valence-electron chi connectivity index (χ0n) is 9.82. The van der Waals surface area contributed by atoms with Crippen LogP contribution in [0.4, 0.5) is 0 Å². The molecule has 6 N–H and O–H groups in total. The molecule has 98 valence electrons. The van der Waals surface area contributed by atoms with Crippen LogP contribution in [0.1, 0.15) is 38.5 Å². The van der Waals surface area contributed by atoms with Gasteiger partial charge in [-0.3, -0.25) is 4.79 Å². The first-order valence-corrected chi connectivity index (χ1v) is 5.49. The van der Waals surface area contributed by atoms with E-state index in [-0.39, 0.29) is 12.0 Å². The molecule has 0 heterocycles. The van der Waals surface area contributed by atoms with Gasteiger partial charge in [0.25, 0.3) is 0 Å². The molecular formula is C11H20N2O4. The van der Waals surface area contributed by atoms with Gasteiger partial charge in [-0.15, -0.1) is 0 Å². The van der Waals surface area contributed by atoms with Crippen molar-refractivity contribution in [2.75, 3.05) is 0 Å². The predicted octanol–water partition coefficient (Wildman–Crippen LogP) is 0.666. The van der Waals surface area contributed by atoms with Crippen molar-refractivity contribution in [1.29, 1.82) is 0 Å². The lowest BCUT2D eigenvalue weighted by atomic mass is 9.97. The van der Waals surface area contributed by atoms with Crippen LogP contribution in [0.5, 0.6) is 0 Å². The molecule has 0 aliphatic rings. The predicted molar refractivity (Wildman–Crippen MR) is 63.2 cm³/mol. The van der Waals surface area contributed by atoms with Gasteiger partial charge >= 0.3 is 11.9 Å². The van der Waals surface area contributed by atoms with E-state index >= 15 is 0 Å². The Morgan fingerprint density at radius 2 is 1.47 bits per heavy atom. The molecule has 0 spiro atoms. The SMILES string of the molecule is C=C(CCCCCCC(=O)O)C(N)(N)C(=O)O. The van der Waals surface area contributed by atoms with E-state index in [0.717, 1.165) is 12.8 Å². The normalized spacial score (nSPS) is 11.2. The van der Waals surface area contributed by atoms with Gasteiger partial charge in [-0.1, -0.05) is 19.4 Å². The van der Waals surface area contributed by atoms with Gasteiger partial charge in [-0.25, -0.2) is 4.79 Å². The third-order valence-electron chi connectivity index (χ3n) is 2.56. The molecule has 0 fully saturated rings. The Bertz CT molecular complexity index is 300. The van der Waals surface area contributed by atoms with Crippen LogP contribution in [0.15, 0.2) is 12.2 Å². The highest BCUT2D eigenvalue weighted by molar-refractivity contribution is 5.81. The number of carbonyl (C=O) groups is 2. The number of carboxylic acids is 2. The van der Waals surface area contributed by atoms with Gasteiger partial charge in [0.05, 0.1) is 0 Å². The minimum atomic E-state index is -1.87. The van der Waals surface area contributed by atoms with E-state index in [2.05, 4.69) is 6.58 Å². The fourth-order valence-electron chi connectivity index (χ4n) is 1.33. The second-order valence-corrected chi connectivity index (χ2v) is 4.09. The summed E-state index contributed by atoms with van der Waals surface area (Å²) in [6.07, 6.45) is 3.52. The third kappa shape index (κ3) is 6.03. The largest absolute Gasteiger partial charge is 0.481 e. The van der Waals surface area contributed by atoms with Crippen molar-refractivity contribution < 1.29 is 19.8 Å². The van der Waals surface area contributed by atoms with E-state index in [4.69, 9.17) is 21.7 Å². The Labute approximate surface area is 100 Å². The number of nitrogens with two attached hydrogens (primary N) is 2. The Morgan fingerprint density at radius 3 is 1.88 bits per heavy atom. The van der Waals surface area contributed by atoms with Crippen LogP contribution in [0.25, 0.3) is 0 Å². The summed E-state index contributed by atoms with van der Waals surface area (Å²) in [5, 5.41) is 17.2. The number of unbranched alkanes of at least 4 members (excludes halogenated alkanes) is 3. The lowest BCUT2D eigenvalue weighted by molar-refractivity contribution is -0.141. The standard InChI is InChI=1S/C11H20N2O4/c1-8(11(12,13)10(16)17)6-4-2-3-5-7-9(14)15/h1-7,12-13H2,(H,14,15)(H,16,17). The molecule has 0 saturated heterocycles. The summed E-state index contributed by atoms with van der Waals surface area (Å²) in [6, 6.07) is 0. The molecule has 6 nitrogen and oxygen atoms in total. The molecule has 0 aromatic carbocycles. The smallest absolute Gasteiger partial charge is 0.342 e. The van der Waals surface area contributed by atoms with E-state index in [1.165, 1.54) is 0 Å². The van der Waals surface area contributed by atoms with Crippen molar-refractivity contribution in [1.82, 2.24) is 0 Å². The first kappa shape index (κ1) is 15.6. The fourth-order valence-corrected chi connectivity index (χ4v) is 1.33. The van der Waals surface area contributed by atoms with Crippen LogP contribution < -0.4 is 11.5 Å². The van der Waals surface area contributed by atoms with Gasteiger partial charge in [-0.2, -0.15) is 0 Å². The summed E-state index contributed by atoms with van der Waals surface area (Å²) in [5.41, 5.74) is 9.18. The Balaban J connectivity index is 3.72. The van der Waals surface area contributed by atoms with Crippen molar-refractivity contribution in [2.24, 2.45) is 11.5 Å². The topological polar surface area (TPSA) is 127 Å². The third-order valence-corrected chi connectivity index (χ3v) is 2.56. The summed E-state index contributed by atoms with van der Waals surface area (Å²) in [5.74, 6) is -2.10. The van der Waals surface area contributed by atoms with Crippen molar-refractivity contribution in [3.8, 4) is 0 Å². The lowest BCUT2D eigenvalue weighted by Crippen LogP contribution is -2.57. The van der Waals surface area contributed by atoms with Gasteiger partial charge in [0.1, 0.15) is 0 Å². The van der Waals surface area contributed by atoms with Crippen LogP contribution in [0.2, 0.25) is 0 Å². The summed E-state index contributed by atoms with van der Waals surface area (Å²) >= 11 is 0. The monoisotopic (exact) mass is 244 g/mol. The minimum absolute atomic E-state index is 0.161. The van der Waals surface area contributed by atoms with E-state index in [9.17, 15) is 9.59 Å². The maximum atomic E-state index is 10.7. The molecule has 17 heavy (non-hydrogen) atoms. The second kappa shape index (κ2) is 7.03. The van der Waals surface area contributed by atoms with Crippen molar-refractivity contribution in [2.45, 2.75) is 44.2 Å². The maximum Gasteiger partial charge on any atom is 0.342 e. The van der Waals surface area contributed by atoms with E-state index < -0.39 is 17.6 Å². The summed E-state index contributed by atoms with van der Waals surface area (Å²) < 4.78 is 0. The molecule has 0 unspecified atom stereocenters. The first-order chi connectivity index (χ1) is 7.78. The zero-order valence-corrected chi connectivity index (χ0v) is 9.82. The number of hydrogen-bond acceptors (Lipinski definition) is 4. The molecule has 0 saturated carbocycles. The molecule has 0 bridgehead atoms. The molecule has 0 rings (SSSR count). The highest BCUT2D eigenvalue weighted by Crippen LogP contribution is 2.15.